The normalized spacial score (nSPS) is 18.3. The van der Waals surface area contributed by atoms with Gasteiger partial charge in [-0.15, -0.1) is 0 Å². The molecule has 0 aromatic carbocycles. The SMILES string of the molecule is CCC(C)C(NC(=O)N1CCC=C(C(=O)OC)C1)C(F)(F)F. The quantitative estimate of drug-likeness (QED) is 0.809. The molecule has 0 saturated carbocycles. The molecule has 22 heavy (non-hydrogen) atoms. The first kappa shape index (κ1) is 18.3. The molecule has 1 aliphatic heterocycles. The Morgan fingerprint density at radius 2 is 2.09 bits per heavy atom. The Labute approximate surface area is 127 Å². The average Bonchev–Trinajstić information content (AvgIpc) is 2.49. The van der Waals surface area contributed by atoms with Crippen LogP contribution in [0.1, 0.15) is 26.7 Å². The van der Waals surface area contributed by atoms with E-state index in [0.717, 1.165) is 0 Å². The lowest BCUT2D eigenvalue weighted by molar-refractivity contribution is -0.164. The molecule has 8 heteroatoms. The third-order valence-electron chi connectivity index (χ3n) is 3.73. The lowest BCUT2D eigenvalue weighted by atomic mass is 9.99. The maximum Gasteiger partial charge on any atom is 0.408 e. The first-order chi connectivity index (χ1) is 10.2. The maximum atomic E-state index is 13.0. The van der Waals surface area contributed by atoms with Crippen LogP contribution < -0.4 is 5.32 Å². The van der Waals surface area contributed by atoms with Crippen LogP contribution in [0.3, 0.4) is 0 Å². The molecule has 0 aromatic heterocycles. The summed E-state index contributed by atoms with van der Waals surface area (Å²) in [6, 6.07) is -2.73. The van der Waals surface area contributed by atoms with E-state index < -0.39 is 30.1 Å². The number of carbonyl (C=O) groups excluding carboxylic acids is 2. The molecule has 1 rings (SSSR count). The van der Waals surface area contributed by atoms with Gasteiger partial charge in [0.25, 0.3) is 0 Å². The van der Waals surface area contributed by atoms with Crippen LogP contribution in [0, 0.1) is 5.92 Å². The summed E-state index contributed by atoms with van der Waals surface area (Å²) < 4.78 is 43.6. The van der Waals surface area contributed by atoms with Gasteiger partial charge in [-0.25, -0.2) is 9.59 Å². The molecule has 1 heterocycles. The number of ether oxygens (including phenoxy) is 1. The Bertz CT molecular complexity index is 449. The van der Waals surface area contributed by atoms with Gasteiger partial charge in [0.15, 0.2) is 0 Å². The van der Waals surface area contributed by atoms with Crippen LogP contribution in [0.5, 0.6) is 0 Å². The minimum absolute atomic E-state index is 0.0520. The zero-order valence-corrected chi connectivity index (χ0v) is 12.9. The Hall–Kier alpha value is -1.73. The van der Waals surface area contributed by atoms with Gasteiger partial charge >= 0.3 is 18.2 Å². The van der Waals surface area contributed by atoms with Crippen LogP contribution in [0.15, 0.2) is 11.6 Å². The molecule has 0 fully saturated rings. The molecule has 0 radical (unpaired) electrons. The van der Waals surface area contributed by atoms with Crippen molar-refractivity contribution in [3.05, 3.63) is 11.6 Å². The van der Waals surface area contributed by atoms with Crippen molar-refractivity contribution in [2.75, 3.05) is 20.2 Å². The molecule has 2 atom stereocenters. The fourth-order valence-corrected chi connectivity index (χ4v) is 2.20. The van der Waals surface area contributed by atoms with E-state index in [0.29, 0.717) is 6.42 Å². The molecule has 0 aliphatic carbocycles. The lowest BCUT2D eigenvalue weighted by Crippen LogP contribution is -2.54. The van der Waals surface area contributed by atoms with Crippen LogP contribution in [-0.4, -0.2) is 49.3 Å². The molecule has 0 spiro atoms. The van der Waals surface area contributed by atoms with E-state index in [4.69, 9.17) is 0 Å². The van der Waals surface area contributed by atoms with Crippen LogP contribution in [0.2, 0.25) is 0 Å². The summed E-state index contributed by atoms with van der Waals surface area (Å²) in [5.41, 5.74) is 0.274. The van der Waals surface area contributed by atoms with Gasteiger partial charge < -0.3 is 15.0 Å². The van der Waals surface area contributed by atoms with Gasteiger partial charge in [-0.05, 0) is 12.3 Å². The number of carbonyl (C=O) groups is 2. The molecule has 126 valence electrons. The van der Waals surface area contributed by atoms with Crippen molar-refractivity contribution >= 4 is 12.0 Å². The number of rotatable bonds is 4. The van der Waals surface area contributed by atoms with Gasteiger partial charge in [0.1, 0.15) is 6.04 Å². The third kappa shape index (κ3) is 4.64. The summed E-state index contributed by atoms with van der Waals surface area (Å²) in [4.78, 5) is 24.7. The van der Waals surface area contributed by atoms with E-state index in [1.807, 2.05) is 5.32 Å². The molecule has 0 bridgehead atoms. The zero-order chi connectivity index (χ0) is 16.9. The standard InChI is InChI=1S/C14H21F3N2O3/c1-4-9(2)11(14(15,16)17)18-13(21)19-7-5-6-10(8-19)12(20)22-3/h6,9,11H,4-5,7-8H2,1-3H3,(H,18,21). The first-order valence-electron chi connectivity index (χ1n) is 7.10. The van der Waals surface area contributed by atoms with Crippen molar-refractivity contribution in [2.24, 2.45) is 5.92 Å². The Morgan fingerprint density at radius 1 is 1.45 bits per heavy atom. The highest BCUT2D eigenvalue weighted by molar-refractivity contribution is 5.90. The highest BCUT2D eigenvalue weighted by atomic mass is 19.4. The second-order valence-electron chi connectivity index (χ2n) is 5.29. The zero-order valence-electron chi connectivity index (χ0n) is 12.9. The monoisotopic (exact) mass is 322 g/mol. The molecular weight excluding hydrogens is 301 g/mol. The number of halogens is 3. The number of alkyl halides is 3. The van der Waals surface area contributed by atoms with E-state index in [-0.39, 0.29) is 25.1 Å². The molecule has 0 aromatic rings. The summed E-state index contributed by atoms with van der Waals surface area (Å²) in [5.74, 6) is -1.31. The number of nitrogens with one attached hydrogen (secondary N) is 1. The van der Waals surface area contributed by atoms with Crippen molar-refractivity contribution in [3.63, 3.8) is 0 Å². The van der Waals surface area contributed by atoms with Crippen molar-refractivity contribution in [2.45, 2.75) is 38.9 Å². The third-order valence-corrected chi connectivity index (χ3v) is 3.73. The van der Waals surface area contributed by atoms with E-state index in [9.17, 15) is 22.8 Å². The Balaban J connectivity index is 2.75. The number of hydrogen-bond acceptors (Lipinski definition) is 3. The smallest absolute Gasteiger partial charge is 0.408 e. The largest absolute Gasteiger partial charge is 0.466 e. The van der Waals surface area contributed by atoms with Gasteiger partial charge in [0, 0.05) is 6.54 Å². The highest BCUT2D eigenvalue weighted by Crippen LogP contribution is 2.27. The Morgan fingerprint density at radius 3 is 2.59 bits per heavy atom. The van der Waals surface area contributed by atoms with Crippen molar-refractivity contribution in [3.8, 4) is 0 Å². The summed E-state index contributed by atoms with van der Waals surface area (Å²) in [6.07, 6.45) is -2.19. The highest BCUT2D eigenvalue weighted by Gasteiger charge is 2.44. The van der Waals surface area contributed by atoms with E-state index in [2.05, 4.69) is 4.74 Å². The van der Waals surface area contributed by atoms with E-state index >= 15 is 0 Å². The van der Waals surface area contributed by atoms with Crippen LogP contribution in [0.25, 0.3) is 0 Å². The molecule has 2 unspecified atom stereocenters. The summed E-state index contributed by atoms with van der Waals surface area (Å²) in [7, 11) is 1.21. The number of amides is 2. The maximum absolute atomic E-state index is 13.0. The molecule has 1 N–H and O–H groups in total. The fraction of sp³-hybridized carbons (Fsp3) is 0.714. The Kier molecular flexibility index (Phi) is 6.25. The number of urea groups is 1. The number of esters is 1. The van der Waals surface area contributed by atoms with Crippen LogP contribution in [0.4, 0.5) is 18.0 Å². The summed E-state index contributed by atoms with van der Waals surface area (Å²) in [6.45, 7) is 3.28. The number of methoxy groups -OCH3 is 1. The lowest BCUT2D eigenvalue weighted by Gasteiger charge is -2.31. The van der Waals surface area contributed by atoms with Crippen LogP contribution >= 0.6 is 0 Å². The van der Waals surface area contributed by atoms with Gasteiger partial charge in [-0.1, -0.05) is 26.3 Å². The average molecular weight is 322 g/mol. The van der Waals surface area contributed by atoms with E-state index in [1.54, 1.807) is 13.0 Å². The van der Waals surface area contributed by atoms with Gasteiger partial charge in [-0.3, -0.25) is 0 Å². The van der Waals surface area contributed by atoms with Crippen LogP contribution in [-0.2, 0) is 9.53 Å². The van der Waals surface area contributed by atoms with Crippen molar-refractivity contribution in [1.29, 1.82) is 0 Å². The van der Waals surface area contributed by atoms with Gasteiger partial charge in [0.2, 0.25) is 0 Å². The fourth-order valence-electron chi connectivity index (χ4n) is 2.20. The minimum Gasteiger partial charge on any atom is -0.466 e. The van der Waals surface area contributed by atoms with Gasteiger partial charge in [-0.2, -0.15) is 13.2 Å². The van der Waals surface area contributed by atoms with E-state index in [1.165, 1.54) is 18.9 Å². The van der Waals surface area contributed by atoms with Crippen molar-refractivity contribution in [1.82, 2.24) is 10.2 Å². The molecule has 0 saturated heterocycles. The van der Waals surface area contributed by atoms with Crippen molar-refractivity contribution < 1.29 is 27.5 Å². The first-order valence-corrected chi connectivity index (χ1v) is 7.10. The summed E-state index contributed by atoms with van der Waals surface area (Å²) in [5, 5.41) is 2.04. The molecule has 1 aliphatic rings. The molecular formula is C14H21F3N2O3. The summed E-state index contributed by atoms with van der Waals surface area (Å²) >= 11 is 0. The minimum atomic E-state index is -4.51. The topological polar surface area (TPSA) is 58.6 Å². The molecule has 5 nitrogen and oxygen atoms in total. The second-order valence-corrected chi connectivity index (χ2v) is 5.29. The predicted molar refractivity (Wildman–Crippen MR) is 74.1 cm³/mol. The second kappa shape index (κ2) is 7.51. The number of hydrogen-bond donors (Lipinski definition) is 1. The predicted octanol–water partition coefficient (Wildman–Crippen LogP) is 2.48. The van der Waals surface area contributed by atoms with Gasteiger partial charge in [0.05, 0.1) is 19.2 Å². The molecule has 2 amide bonds. The number of nitrogens with zero attached hydrogens (tertiary/aromatic N) is 1.